The van der Waals surface area contributed by atoms with Gasteiger partial charge in [0.15, 0.2) is 0 Å². The van der Waals surface area contributed by atoms with Crippen molar-refractivity contribution in [2.24, 2.45) is 5.73 Å². The normalized spacial score (nSPS) is 17.8. The van der Waals surface area contributed by atoms with Gasteiger partial charge in [-0.3, -0.25) is 4.79 Å². The molecule has 0 aliphatic carbocycles. The van der Waals surface area contributed by atoms with E-state index < -0.39 is 0 Å². The zero-order chi connectivity index (χ0) is 20.8. The van der Waals surface area contributed by atoms with Crippen molar-refractivity contribution in [3.63, 3.8) is 0 Å². The minimum Gasteiger partial charge on any atom is -0.870 e. The predicted octanol–water partition coefficient (Wildman–Crippen LogP) is 0.482. The topological polar surface area (TPSA) is 169 Å². The van der Waals surface area contributed by atoms with Crippen molar-refractivity contribution >= 4 is 38.4 Å². The molecule has 2 aromatic carbocycles. The van der Waals surface area contributed by atoms with Gasteiger partial charge in [0.25, 0.3) is 0 Å². The molecule has 2 amide bonds. The van der Waals surface area contributed by atoms with Crippen molar-refractivity contribution in [1.29, 1.82) is 0 Å². The molecule has 172 valence electrons. The molecule has 0 radical (unpaired) electrons. The van der Waals surface area contributed by atoms with Gasteiger partial charge in [-0.15, -0.1) is 0 Å². The molecule has 6 N–H and O–H groups in total. The second-order valence-electron chi connectivity index (χ2n) is 7.43. The van der Waals surface area contributed by atoms with Crippen LogP contribution >= 0.6 is 0 Å². The first-order chi connectivity index (χ1) is 13.9. The summed E-state index contributed by atoms with van der Waals surface area (Å²) in [6.07, 6.45) is 1.77. The van der Waals surface area contributed by atoms with Crippen molar-refractivity contribution in [3.8, 4) is 0 Å². The number of rotatable bonds is 6. The van der Waals surface area contributed by atoms with Gasteiger partial charge in [-0.2, -0.15) is 0 Å². The zero-order valence-electron chi connectivity index (χ0n) is 18.0. The van der Waals surface area contributed by atoms with Crippen molar-refractivity contribution < 1.29 is 26.0 Å². The van der Waals surface area contributed by atoms with Gasteiger partial charge in [-0.05, 0) is 12.1 Å². The molecule has 1 saturated heterocycles. The molecule has 0 saturated carbocycles. The molecular formula is C22H30GeN4O5. The molecule has 1 aliphatic heterocycles. The minimum atomic E-state index is -0.163. The van der Waals surface area contributed by atoms with Crippen LogP contribution in [0.1, 0.15) is 29.6 Å². The maximum atomic E-state index is 12.7. The van der Waals surface area contributed by atoms with E-state index >= 15 is 0 Å². The van der Waals surface area contributed by atoms with E-state index in [9.17, 15) is 9.59 Å². The van der Waals surface area contributed by atoms with Crippen LogP contribution in [0.3, 0.4) is 0 Å². The fraction of sp³-hybridized carbons (Fsp3) is 0.364. The Kier molecular flexibility index (Phi) is 13.0. The van der Waals surface area contributed by atoms with E-state index in [1.807, 2.05) is 59.0 Å². The SMILES string of the molecule is CN(C(=O)CCN1CCC(N)CC1NC(=O)c1ccccc1)c1cc[c]([Ge+3])cc1.[OH-].[OH-].[OH-]. The first kappa shape index (κ1) is 29.7. The summed E-state index contributed by atoms with van der Waals surface area (Å²) in [5.74, 6) is -0.0605. The van der Waals surface area contributed by atoms with Crippen molar-refractivity contribution in [1.82, 2.24) is 10.2 Å². The summed E-state index contributed by atoms with van der Waals surface area (Å²) in [7, 11) is 1.80. The first-order valence-electron chi connectivity index (χ1n) is 9.88. The average Bonchev–Trinajstić information content (AvgIpc) is 2.73. The van der Waals surface area contributed by atoms with Crippen LogP contribution in [0.2, 0.25) is 0 Å². The van der Waals surface area contributed by atoms with Crippen LogP contribution in [0.25, 0.3) is 0 Å². The Morgan fingerprint density at radius 1 is 1.09 bits per heavy atom. The zero-order valence-corrected chi connectivity index (χ0v) is 20.1. The van der Waals surface area contributed by atoms with Gasteiger partial charge in [0, 0.05) is 5.56 Å². The Labute approximate surface area is 197 Å². The number of carbonyl (C=O) groups is 2. The fourth-order valence-corrected chi connectivity index (χ4v) is 3.87. The largest absolute Gasteiger partial charge is 0.870 e. The van der Waals surface area contributed by atoms with Gasteiger partial charge < -0.3 is 22.2 Å². The standard InChI is InChI=1S/C22H27GeN4O2.3H2O/c1-26(19-9-7-17(23)8-10-19)21(28)12-14-27-13-11-18(24)15-20(27)25-22(29)16-5-3-2-4-6-16;;;/h2-10,18,20H,11-15,24H2,1H3,(H,25,29);3*1H2/q+3;;;/p-3. The molecule has 2 aromatic rings. The van der Waals surface area contributed by atoms with E-state index in [0.29, 0.717) is 24.9 Å². The Balaban J connectivity index is 0.00000320. The van der Waals surface area contributed by atoms with Gasteiger partial charge in [-0.25, -0.2) is 0 Å². The quantitative estimate of drug-likeness (QED) is 0.541. The number of anilines is 1. The number of benzene rings is 2. The summed E-state index contributed by atoms with van der Waals surface area (Å²) in [5.41, 5.74) is 7.65. The summed E-state index contributed by atoms with van der Waals surface area (Å²) < 4.78 is 1.16. The molecule has 1 heterocycles. The molecule has 1 fully saturated rings. The third-order valence-electron chi connectivity index (χ3n) is 5.33. The van der Waals surface area contributed by atoms with Gasteiger partial charge in [0.05, 0.1) is 0 Å². The van der Waals surface area contributed by atoms with Crippen LogP contribution in [0, 0.1) is 0 Å². The predicted molar refractivity (Wildman–Crippen MR) is 122 cm³/mol. The molecule has 2 unspecified atom stereocenters. The maximum absolute atomic E-state index is 12.7. The van der Waals surface area contributed by atoms with E-state index in [1.54, 1.807) is 24.1 Å². The fourth-order valence-electron chi connectivity index (χ4n) is 3.52. The van der Waals surface area contributed by atoms with Gasteiger partial charge in [0.2, 0.25) is 0 Å². The number of hydrogen-bond acceptors (Lipinski definition) is 7. The van der Waals surface area contributed by atoms with Gasteiger partial charge in [-0.1, -0.05) is 18.2 Å². The number of nitrogens with two attached hydrogens (primary N) is 1. The maximum Gasteiger partial charge on any atom is -0.870 e. The van der Waals surface area contributed by atoms with Crippen molar-refractivity contribution in [2.45, 2.75) is 31.5 Å². The summed E-state index contributed by atoms with van der Waals surface area (Å²) in [5, 5.41) is 3.09. The number of hydrogen-bond donors (Lipinski definition) is 2. The van der Waals surface area contributed by atoms with Crippen LogP contribution in [0.4, 0.5) is 5.69 Å². The summed E-state index contributed by atoms with van der Waals surface area (Å²) in [6.45, 7) is 1.35. The molecular weight excluding hydrogens is 473 g/mol. The third kappa shape index (κ3) is 8.01. The smallest absolute Gasteiger partial charge is 0.870 e. The van der Waals surface area contributed by atoms with Crippen molar-refractivity contribution in [2.75, 3.05) is 25.0 Å². The number of nitrogens with one attached hydrogen (secondary N) is 1. The Hall–Kier alpha value is -2.28. The van der Waals surface area contributed by atoms with Crippen LogP contribution in [0.15, 0.2) is 54.6 Å². The number of amides is 2. The summed E-state index contributed by atoms with van der Waals surface area (Å²) in [4.78, 5) is 29.1. The molecule has 9 nitrogen and oxygen atoms in total. The molecule has 0 bridgehead atoms. The average molecular weight is 503 g/mol. The van der Waals surface area contributed by atoms with E-state index in [1.165, 1.54) is 0 Å². The molecule has 3 rings (SSSR count). The molecule has 10 heteroatoms. The van der Waals surface area contributed by atoms with E-state index in [4.69, 9.17) is 5.73 Å². The van der Waals surface area contributed by atoms with Crippen molar-refractivity contribution in [3.05, 3.63) is 60.2 Å². The Bertz CT molecular complexity index is 838. The van der Waals surface area contributed by atoms with Crippen LogP contribution < -0.4 is 20.3 Å². The molecule has 32 heavy (non-hydrogen) atoms. The monoisotopic (exact) mass is 504 g/mol. The second kappa shape index (κ2) is 14.0. The van der Waals surface area contributed by atoms with Crippen LogP contribution in [-0.2, 0) is 4.79 Å². The van der Waals surface area contributed by atoms with Crippen LogP contribution in [-0.4, -0.2) is 82.0 Å². The van der Waals surface area contributed by atoms with E-state index in [-0.39, 0.29) is 40.5 Å². The van der Waals surface area contributed by atoms with E-state index in [0.717, 1.165) is 23.0 Å². The molecule has 0 aromatic heterocycles. The Morgan fingerprint density at radius 3 is 2.34 bits per heavy atom. The van der Waals surface area contributed by atoms with Crippen LogP contribution in [0.5, 0.6) is 0 Å². The van der Waals surface area contributed by atoms with E-state index in [2.05, 4.69) is 10.2 Å². The molecule has 0 spiro atoms. The first-order valence-corrected chi connectivity index (χ1v) is 10.9. The molecule has 1 aliphatic rings. The minimum absolute atomic E-state index is 0. The van der Waals surface area contributed by atoms with Gasteiger partial charge >= 0.3 is 134 Å². The van der Waals surface area contributed by atoms with Gasteiger partial charge in [0.1, 0.15) is 0 Å². The number of likely N-dealkylation sites (tertiary alicyclic amines) is 1. The molecule has 2 atom stereocenters. The number of carbonyl (C=O) groups excluding carboxylic acids is 2. The summed E-state index contributed by atoms with van der Waals surface area (Å²) >= 11 is 2.02. The Morgan fingerprint density at radius 2 is 1.72 bits per heavy atom. The summed E-state index contributed by atoms with van der Waals surface area (Å²) in [6, 6.07) is 17.1. The number of piperidine rings is 1. The third-order valence-corrected chi connectivity index (χ3v) is 6.03. The second-order valence-corrected chi connectivity index (χ2v) is 8.64. The number of nitrogens with zero attached hydrogens (tertiary/aromatic N) is 2.